The second-order valence-corrected chi connectivity index (χ2v) is 12.7. The van der Waals surface area contributed by atoms with Gasteiger partial charge in [-0.15, -0.1) is 11.8 Å². The molecule has 0 saturated heterocycles. The lowest BCUT2D eigenvalue weighted by atomic mass is 10.1. The van der Waals surface area contributed by atoms with Crippen LogP contribution in [0.1, 0.15) is 22.8 Å². The van der Waals surface area contributed by atoms with Crippen LogP contribution in [0.15, 0.2) is 126 Å². The summed E-state index contributed by atoms with van der Waals surface area (Å²) in [7, 11) is 0. The fourth-order valence-corrected chi connectivity index (χ4v) is 6.59. The molecule has 1 heterocycles. The van der Waals surface area contributed by atoms with Gasteiger partial charge in [0.05, 0.1) is 5.75 Å². The van der Waals surface area contributed by atoms with Gasteiger partial charge in [0, 0.05) is 65.8 Å². The van der Waals surface area contributed by atoms with Crippen LogP contribution in [0.3, 0.4) is 0 Å². The third-order valence-electron chi connectivity index (χ3n) is 7.67. The first kappa shape index (κ1) is 32.9. The number of aromatic nitrogens is 1. The third kappa shape index (κ3) is 7.42. The molecule has 6 rings (SSSR count). The van der Waals surface area contributed by atoms with E-state index in [1.807, 2.05) is 42.5 Å². The van der Waals surface area contributed by atoms with Crippen LogP contribution in [-0.4, -0.2) is 28.0 Å². The molecule has 0 fully saturated rings. The van der Waals surface area contributed by atoms with Crippen molar-refractivity contribution in [3.8, 4) is 0 Å². The number of hydrogen-bond acceptors (Lipinski definition) is 4. The normalized spacial score (nSPS) is 11.4. The summed E-state index contributed by atoms with van der Waals surface area (Å²) in [5.41, 5.74) is 4.29. The molecule has 7 nitrogen and oxygen atoms in total. The quantitative estimate of drug-likeness (QED) is 0.0986. The van der Waals surface area contributed by atoms with E-state index in [4.69, 9.17) is 23.2 Å². The van der Waals surface area contributed by atoms with Gasteiger partial charge >= 0.3 is 0 Å². The predicted octanol–water partition coefficient (Wildman–Crippen LogP) is 9.26. The fourth-order valence-electron chi connectivity index (χ4n) is 5.39. The standard InChI is InChI=1S/C38H30Cl2N4O3S/c1-2-44-34-14-7-6-11-28(34)29-21-26(17-20-35(29)44)41-36(45)23-48-27-18-15-25(16-19-27)42-38(47)33(22-30-31(39)12-8-13-32(30)40)43-37(46)24-9-4-3-5-10-24/h3-22H,2,23H2,1H3,(H,41,45)(H,42,47)(H,43,46)/b33-22-. The van der Waals surface area contributed by atoms with Gasteiger partial charge in [0.15, 0.2) is 0 Å². The van der Waals surface area contributed by atoms with Crippen molar-refractivity contribution in [2.24, 2.45) is 0 Å². The first-order chi connectivity index (χ1) is 23.3. The Hall–Kier alpha value is -5.02. The van der Waals surface area contributed by atoms with E-state index in [0.717, 1.165) is 33.4 Å². The predicted molar refractivity (Wildman–Crippen MR) is 198 cm³/mol. The Kier molecular flexibility index (Phi) is 10.2. The minimum atomic E-state index is -0.561. The van der Waals surface area contributed by atoms with E-state index in [-0.39, 0.29) is 17.4 Å². The SMILES string of the molecule is CCn1c2ccccc2c2cc(NC(=O)CSc3ccc(NC(=O)/C(=C/c4c(Cl)cccc4Cl)NC(=O)c4ccccc4)cc3)ccc21. The van der Waals surface area contributed by atoms with E-state index in [1.54, 1.807) is 60.7 Å². The summed E-state index contributed by atoms with van der Waals surface area (Å²) >= 11 is 14.1. The number of amides is 3. The summed E-state index contributed by atoms with van der Waals surface area (Å²) in [5.74, 6) is -0.942. The first-order valence-electron chi connectivity index (χ1n) is 15.2. The Labute approximate surface area is 291 Å². The van der Waals surface area contributed by atoms with E-state index >= 15 is 0 Å². The van der Waals surface area contributed by atoms with Crippen molar-refractivity contribution >= 4 is 91.9 Å². The highest BCUT2D eigenvalue weighted by Gasteiger charge is 2.17. The van der Waals surface area contributed by atoms with Gasteiger partial charge in [-0.2, -0.15) is 0 Å². The highest BCUT2D eigenvalue weighted by molar-refractivity contribution is 8.00. The second kappa shape index (κ2) is 14.8. The summed E-state index contributed by atoms with van der Waals surface area (Å²) in [4.78, 5) is 40.1. The van der Waals surface area contributed by atoms with E-state index in [0.29, 0.717) is 26.9 Å². The van der Waals surface area contributed by atoms with Gasteiger partial charge in [0.2, 0.25) is 5.91 Å². The minimum Gasteiger partial charge on any atom is -0.341 e. The number of aryl methyl sites for hydroxylation is 1. The monoisotopic (exact) mass is 692 g/mol. The Morgan fingerprint density at radius 2 is 1.40 bits per heavy atom. The van der Waals surface area contributed by atoms with Crippen molar-refractivity contribution in [3.05, 3.63) is 142 Å². The smallest absolute Gasteiger partial charge is 0.272 e. The van der Waals surface area contributed by atoms with Crippen LogP contribution in [0.4, 0.5) is 11.4 Å². The van der Waals surface area contributed by atoms with E-state index < -0.39 is 11.8 Å². The molecule has 3 N–H and O–H groups in total. The zero-order valence-corrected chi connectivity index (χ0v) is 28.1. The molecule has 0 spiro atoms. The number of rotatable bonds is 10. The molecular weight excluding hydrogens is 663 g/mol. The number of halogens is 2. The number of thioether (sulfide) groups is 1. The highest BCUT2D eigenvalue weighted by atomic mass is 35.5. The summed E-state index contributed by atoms with van der Waals surface area (Å²) in [6.45, 7) is 2.98. The van der Waals surface area contributed by atoms with Gasteiger partial charge in [0.25, 0.3) is 11.8 Å². The molecule has 5 aromatic carbocycles. The molecule has 48 heavy (non-hydrogen) atoms. The Morgan fingerprint density at radius 3 is 2.12 bits per heavy atom. The van der Waals surface area contributed by atoms with Gasteiger partial charge in [-0.3, -0.25) is 14.4 Å². The average Bonchev–Trinajstić information content (AvgIpc) is 3.42. The van der Waals surface area contributed by atoms with Crippen LogP contribution in [0.2, 0.25) is 10.0 Å². The van der Waals surface area contributed by atoms with Gasteiger partial charge in [-0.05, 0) is 85.8 Å². The van der Waals surface area contributed by atoms with E-state index in [2.05, 4.69) is 39.6 Å². The molecule has 6 aromatic rings. The molecule has 0 bridgehead atoms. The van der Waals surface area contributed by atoms with Gasteiger partial charge in [0.1, 0.15) is 5.70 Å². The average molecular weight is 694 g/mol. The molecule has 240 valence electrons. The fraction of sp³-hybridized carbons (Fsp3) is 0.0789. The molecule has 0 atom stereocenters. The Bertz CT molecular complexity index is 2160. The van der Waals surface area contributed by atoms with Gasteiger partial charge < -0.3 is 20.5 Å². The van der Waals surface area contributed by atoms with Crippen LogP contribution >= 0.6 is 35.0 Å². The Balaban J connectivity index is 1.11. The van der Waals surface area contributed by atoms with Crippen LogP contribution in [0.5, 0.6) is 0 Å². The van der Waals surface area contributed by atoms with Crippen LogP contribution in [0, 0.1) is 0 Å². The summed E-state index contributed by atoms with van der Waals surface area (Å²) in [6.07, 6.45) is 1.45. The topological polar surface area (TPSA) is 92.2 Å². The summed E-state index contributed by atoms with van der Waals surface area (Å²) < 4.78 is 2.27. The lowest BCUT2D eigenvalue weighted by Gasteiger charge is -2.13. The first-order valence-corrected chi connectivity index (χ1v) is 16.9. The zero-order chi connectivity index (χ0) is 33.6. The molecule has 0 radical (unpaired) electrons. The lowest BCUT2D eigenvalue weighted by Crippen LogP contribution is -2.30. The number of nitrogens with zero attached hydrogens (tertiary/aromatic N) is 1. The molecule has 1 aromatic heterocycles. The van der Waals surface area contributed by atoms with Crippen molar-refractivity contribution in [1.29, 1.82) is 0 Å². The van der Waals surface area contributed by atoms with Crippen molar-refractivity contribution in [1.82, 2.24) is 9.88 Å². The molecular formula is C38H30Cl2N4O3S. The minimum absolute atomic E-state index is 0.0357. The number of para-hydroxylation sites is 1. The number of benzene rings is 5. The highest BCUT2D eigenvalue weighted by Crippen LogP contribution is 2.31. The van der Waals surface area contributed by atoms with Crippen molar-refractivity contribution in [2.75, 3.05) is 16.4 Å². The van der Waals surface area contributed by atoms with Crippen molar-refractivity contribution in [3.63, 3.8) is 0 Å². The zero-order valence-electron chi connectivity index (χ0n) is 25.8. The molecule has 3 amide bonds. The number of nitrogens with one attached hydrogen (secondary N) is 3. The number of fused-ring (bicyclic) bond motifs is 3. The largest absolute Gasteiger partial charge is 0.341 e. The van der Waals surface area contributed by atoms with Crippen molar-refractivity contribution in [2.45, 2.75) is 18.4 Å². The number of hydrogen-bond donors (Lipinski definition) is 3. The number of anilines is 2. The maximum Gasteiger partial charge on any atom is 0.272 e. The molecule has 0 aliphatic heterocycles. The van der Waals surface area contributed by atoms with Crippen LogP contribution in [-0.2, 0) is 16.1 Å². The third-order valence-corrected chi connectivity index (χ3v) is 9.34. The maximum atomic E-state index is 13.4. The number of carbonyl (C=O) groups is 3. The lowest BCUT2D eigenvalue weighted by molar-refractivity contribution is -0.114. The molecule has 0 aliphatic carbocycles. The van der Waals surface area contributed by atoms with Gasteiger partial charge in [-0.25, -0.2) is 0 Å². The summed E-state index contributed by atoms with van der Waals surface area (Å²) in [5, 5.41) is 11.4. The Morgan fingerprint density at radius 1 is 0.729 bits per heavy atom. The van der Waals surface area contributed by atoms with Crippen LogP contribution < -0.4 is 16.0 Å². The second-order valence-electron chi connectivity index (χ2n) is 10.8. The molecule has 10 heteroatoms. The maximum absolute atomic E-state index is 13.4. The molecule has 0 unspecified atom stereocenters. The number of carbonyl (C=O) groups excluding carboxylic acids is 3. The molecule has 0 saturated carbocycles. The van der Waals surface area contributed by atoms with Crippen molar-refractivity contribution < 1.29 is 14.4 Å². The van der Waals surface area contributed by atoms with E-state index in [9.17, 15) is 14.4 Å². The van der Waals surface area contributed by atoms with Crippen LogP contribution in [0.25, 0.3) is 27.9 Å². The van der Waals surface area contributed by atoms with Gasteiger partial charge in [-0.1, -0.05) is 65.7 Å². The molecule has 0 aliphatic rings. The summed E-state index contributed by atoms with van der Waals surface area (Å²) in [6, 6.07) is 34.9. The van der Waals surface area contributed by atoms with E-state index in [1.165, 1.54) is 23.4 Å².